The second-order valence-corrected chi connectivity index (χ2v) is 8.16. The van der Waals surface area contributed by atoms with Crippen LogP contribution in [0.15, 0.2) is 72.1 Å². The van der Waals surface area contributed by atoms with Gasteiger partial charge in [-0.1, -0.05) is 42.8 Å². The number of nitriles is 1. The van der Waals surface area contributed by atoms with Crippen molar-refractivity contribution < 1.29 is 23.7 Å². The highest BCUT2D eigenvalue weighted by atomic mass is 35.5. The first kappa shape index (κ1) is 24.0. The highest BCUT2D eigenvalue weighted by Gasteiger charge is 2.33. The number of carbonyl (C=O) groups excluding carboxylic acids is 1. The number of methoxy groups -OCH3 is 1. The number of allylic oxidation sites excluding steroid dienone is 1. The molecule has 0 amide bonds. The fourth-order valence-corrected chi connectivity index (χ4v) is 4.10. The van der Waals surface area contributed by atoms with Crippen LogP contribution in [0.4, 0.5) is 0 Å². The van der Waals surface area contributed by atoms with E-state index >= 15 is 0 Å². The minimum atomic E-state index is -0.596. The van der Waals surface area contributed by atoms with E-state index in [0.717, 1.165) is 12.0 Å². The Hall–Kier alpha value is -4.15. The summed E-state index contributed by atoms with van der Waals surface area (Å²) in [5.74, 6) is 0.650. The monoisotopic (exact) mass is 490 g/mol. The van der Waals surface area contributed by atoms with E-state index in [2.05, 4.69) is 6.07 Å². The average Bonchev–Trinajstić information content (AvgIpc) is 2.86. The standard InChI is InChI=1S/C27H23ClN2O5/c1-3-12-33-22-7-5-4-6-18(22)25-19-10-9-17(14-24(19)35-26(30)20(25)15-29)34-27(31)16-8-11-23(32-2)21(28)13-16/h4-11,13-14,25H,3,12,30H2,1-2H3. The molecule has 4 rings (SSSR count). The summed E-state index contributed by atoms with van der Waals surface area (Å²) in [5, 5.41) is 10.1. The van der Waals surface area contributed by atoms with Gasteiger partial charge in [-0.15, -0.1) is 0 Å². The summed E-state index contributed by atoms with van der Waals surface area (Å²) >= 11 is 6.13. The molecule has 3 aromatic rings. The van der Waals surface area contributed by atoms with E-state index in [1.54, 1.807) is 30.3 Å². The lowest BCUT2D eigenvalue weighted by atomic mass is 9.83. The van der Waals surface area contributed by atoms with Crippen LogP contribution in [0.1, 0.15) is 40.7 Å². The van der Waals surface area contributed by atoms with Crippen LogP contribution in [0.3, 0.4) is 0 Å². The first-order valence-electron chi connectivity index (χ1n) is 11.0. The SMILES string of the molecule is CCCOc1ccccc1C1C(C#N)=C(N)Oc2cc(OC(=O)c3ccc(OC)c(Cl)c3)ccc21. The van der Waals surface area contributed by atoms with E-state index < -0.39 is 11.9 Å². The molecule has 8 heteroatoms. The molecular weight excluding hydrogens is 468 g/mol. The van der Waals surface area contributed by atoms with Crippen LogP contribution in [0.25, 0.3) is 0 Å². The Bertz CT molecular complexity index is 1350. The predicted molar refractivity (Wildman–Crippen MR) is 131 cm³/mol. The summed E-state index contributed by atoms with van der Waals surface area (Å²) in [6.45, 7) is 2.56. The number of hydrogen-bond donors (Lipinski definition) is 1. The highest BCUT2D eigenvalue weighted by molar-refractivity contribution is 6.32. The van der Waals surface area contributed by atoms with Gasteiger partial charge in [-0.2, -0.15) is 5.26 Å². The molecule has 2 N–H and O–H groups in total. The third-order valence-electron chi connectivity index (χ3n) is 5.48. The minimum Gasteiger partial charge on any atom is -0.495 e. The van der Waals surface area contributed by atoms with Crippen LogP contribution in [-0.2, 0) is 0 Å². The number of esters is 1. The average molecular weight is 491 g/mol. The molecule has 1 aliphatic rings. The maximum Gasteiger partial charge on any atom is 0.343 e. The molecule has 0 spiro atoms. The normalized spacial score (nSPS) is 14.4. The molecule has 0 saturated carbocycles. The number of para-hydroxylation sites is 1. The van der Waals surface area contributed by atoms with Crippen molar-refractivity contribution in [2.45, 2.75) is 19.3 Å². The summed E-state index contributed by atoms with van der Waals surface area (Å²) in [6.07, 6.45) is 0.843. The zero-order valence-corrected chi connectivity index (χ0v) is 20.0. The largest absolute Gasteiger partial charge is 0.495 e. The second kappa shape index (κ2) is 10.4. The molecule has 3 aromatic carbocycles. The maximum absolute atomic E-state index is 12.7. The zero-order chi connectivity index (χ0) is 24.9. The summed E-state index contributed by atoms with van der Waals surface area (Å²) < 4.78 is 22.3. The van der Waals surface area contributed by atoms with Crippen molar-refractivity contribution in [1.29, 1.82) is 5.26 Å². The van der Waals surface area contributed by atoms with E-state index in [9.17, 15) is 10.1 Å². The number of carbonyl (C=O) groups is 1. The van der Waals surface area contributed by atoms with Crippen LogP contribution in [0, 0.1) is 11.3 Å². The summed E-state index contributed by atoms with van der Waals surface area (Å²) in [5.41, 5.74) is 8.17. The summed E-state index contributed by atoms with van der Waals surface area (Å²) in [4.78, 5) is 12.7. The highest BCUT2D eigenvalue weighted by Crippen LogP contribution is 2.46. The number of hydrogen-bond acceptors (Lipinski definition) is 7. The van der Waals surface area contributed by atoms with Crippen LogP contribution in [0.2, 0.25) is 5.02 Å². The lowest BCUT2D eigenvalue weighted by Gasteiger charge is -2.28. The Kier molecular flexibility index (Phi) is 7.14. The number of benzene rings is 3. The Balaban J connectivity index is 1.68. The molecule has 0 aromatic heterocycles. The molecule has 1 atom stereocenters. The Morgan fingerprint density at radius 2 is 1.91 bits per heavy atom. The van der Waals surface area contributed by atoms with Crippen LogP contribution >= 0.6 is 11.6 Å². The molecule has 0 radical (unpaired) electrons. The van der Waals surface area contributed by atoms with Crippen molar-refractivity contribution in [2.24, 2.45) is 5.73 Å². The number of ether oxygens (including phenoxy) is 4. The fourth-order valence-electron chi connectivity index (χ4n) is 3.84. The smallest absolute Gasteiger partial charge is 0.343 e. The number of fused-ring (bicyclic) bond motifs is 1. The first-order valence-corrected chi connectivity index (χ1v) is 11.3. The third-order valence-corrected chi connectivity index (χ3v) is 5.78. The van der Waals surface area contributed by atoms with Crippen molar-refractivity contribution in [3.63, 3.8) is 0 Å². The van der Waals surface area contributed by atoms with E-state index in [1.807, 2.05) is 31.2 Å². The molecule has 0 aliphatic carbocycles. The van der Waals surface area contributed by atoms with Crippen molar-refractivity contribution in [3.8, 4) is 29.1 Å². The number of halogens is 1. The van der Waals surface area contributed by atoms with Gasteiger partial charge in [0.05, 0.1) is 30.2 Å². The summed E-state index contributed by atoms with van der Waals surface area (Å²) in [6, 6.07) is 19.3. The van der Waals surface area contributed by atoms with E-state index in [0.29, 0.717) is 34.4 Å². The fraction of sp³-hybridized carbons (Fsp3) is 0.185. The molecule has 0 saturated heterocycles. The Morgan fingerprint density at radius 1 is 1.11 bits per heavy atom. The lowest BCUT2D eigenvalue weighted by Crippen LogP contribution is -2.21. The van der Waals surface area contributed by atoms with Gasteiger partial charge in [0, 0.05) is 17.2 Å². The molecule has 1 heterocycles. The van der Waals surface area contributed by atoms with Gasteiger partial charge in [-0.05, 0) is 36.8 Å². The first-order chi connectivity index (χ1) is 17.0. The molecule has 0 bridgehead atoms. The van der Waals surface area contributed by atoms with Gasteiger partial charge >= 0.3 is 5.97 Å². The molecule has 7 nitrogen and oxygen atoms in total. The number of nitrogens with zero attached hydrogens (tertiary/aromatic N) is 1. The van der Waals surface area contributed by atoms with E-state index in [4.69, 9.17) is 36.3 Å². The molecule has 1 unspecified atom stereocenters. The van der Waals surface area contributed by atoms with Gasteiger partial charge in [0.15, 0.2) is 0 Å². The van der Waals surface area contributed by atoms with Crippen LogP contribution < -0.4 is 24.7 Å². The van der Waals surface area contributed by atoms with Crippen LogP contribution in [-0.4, -0.2) is 19.7 Å². The van der Waals surface area contributed by atoms with Crippen molar-refractivity contribution >= 4 is 17.6 Å². The number of rotatable bonds is 7. The quantitative estimate of drug-likeness (QED) is 0.340. The molecule has 35 heavy (non-hydrogen) atoms. The molecule has 178 valence electrons. The van der Waals surface area contributed by atoms with Crippen molar-refractivity contribution in [2.75, 3.05) is 13.7 Å². The zero-order valence-electron chi connectivity index (χ0n) is 19.2. The predicted octanol–water partition coefficient (Wildman–Crippen LogP) is 5.57. The Labute approximate surface area is 208 Å². The van der Waals surface area contributed by atoms with E-state index in [-0.39, 0.29) is 22.8 Å². The topological polar surface area (TPSA) is 104 Å². The van der Waals surface area contributed by atoms with Gasteiger partial charge < -0.3 is 24.7 Å². The summed E-state index contributed by atoms with van der Waals surface area (Å²) in [7, 11) is 1.49. The van der Waals surface area contributed by atoms with Gasteiger partial charge in [-0.25, -0.2) is 4.79 Å². The second-order valence-electron chi connectivity index (χ2n) is 7.75. The van der Waals surface area contributed by atoms with Crippen molar-refractivity contribution in [3.05, 3.63) is 93.8 Å². The van der Waals surface area contributed by atoms with E-state index in [1.165, 1.54) is 13.2 Å². The van der Waals surface area contributed by atoms with Gasteiger partial charge in [0.1, 0.15) is 34.6 Å². The van der Waals surface area contributed by atoms with Crippen LogP contribution in [0.5, 0.6) is 23.0 Å². The number of nitrogens with two attached hydrogens (primary N) is 1. The minimum absolute atomic E-state index is 0.0132. The molecule has 1 aliphatic heterocycles. The molecule has 0 fully saturated rings. The molecular formula is C27H23ClN2O5. The Morgan fingerprint density at radius 3 is 2.63 bits per heavy atom. The lowest BCUT2D eigenvalue weighted by molar-refractivity contribution is 0.0734. The van der Waals surface area contributed by atoms with Crippen molar-refractivity contribution in [1.82, 2.24) is 0 Å². The van der Waals surface area contributed by atoms with Gasteiger partial charge in [0.2, 0.25) is 5.88 Å². The third kappa shape index (κ3) is 4.88. The van der Waals surface area contributed by atoms with Gasteiger partial charge in [0.25, 0.3) is 0 Å². The van der Waals surface area contributed by atoms with Gasteiger partial charge in [-0.3, -0.25) is 0 Å². The maximum atomic E-state index is 12.7.